The minimum Gasteiger partial charge on any atom is -0.344 e. The van der Waals surface area contributed by atoms with Crippen molar-refractivity contribution >= 4 is 27.4 Å². The second-order valence-electron chi connectivity index (χ2n) is 7.20. The first-order valence-corrected chi connectivity index (χ1v) is 11.6. The summed E-state index contributed by atoms with van der Waals surface area (Å²) in [5.41, 5.74) is 2.45. The smallest absolute Gasteiger partial charge is 0.208 e. The summed E-state index contributed by atoms with van der Waals surface area (Å²) < 4.78 is 25.6. The monoisotopic (exact) mass is 394 g/mol. The second-order valence-corrected chi connectivity index (χ2v) is 10.4. The van der Waals surface area contributed by atoms with E-state index in [9.17, 15) is 13.2 Å². The van der Waals surface area contributed by atoms with Crippen LogP contribution in [0.4, 0.5) is 0 Å². The average Bonchev–Trinajstić information content (AvgIpc) is 3.11. The Kier molecular flexibility index (Phi) is 4.46. The number of H-pyrrole nitrogens is 1. The number of carbonyl (C=O) groups is 1. The first-order valence-electron chi connectivity index (χ1n) is 8.81. The highest BCUT2D eigenvalue weighted by Gasteiger charge is 2.32. The van der Waals surface area contributed by atoms with Crippen LogP contribution in [0.15, 0.2) is 11.2 Å². The molecule has 0 bridgehead atoms. The Morgan fingerprint density at radius 2 is 2.12 bits per heavy atom. The minimum absolute atomic E-state index is 0.0213. The third-order valence-corrected chi connectivity index (χ3v) is 7.73. The van der Waals surface area contributed by atoms with Gasteiger partial charge in [-0.05, 0) is 39.2 Å². The van der Waals surface area contributed by atoms with Gasteiger partial charge in [0.25, 0.3) is 0 Å². The van der Waals surface area contributed by atoms with E-state index in [0.29, 0.717) is 23.1 Å². The van der Waals surface area contributed by atoms with Crippen molar-refractivity contribution in [2.45, 2.75) is 50.2 Å². The second kappa shape index (κ2) is 6.53. The van der Waals surface area contributed by atoms with Crippen LogP contribution in [0, 0.1) is 13.8 Å². The summed E-state index contributed by atoms with van der Waals surface area (Å²) in [4.78, 5) is 17.1. The van der Waals surface area contributed by atoms with Gasteiger partial charge in [-0.1, -0.05) is 11.8 Å². The summed E-state index contributed by atoms with van der Waals surface area (Å²) in [7, 11) is -2.96. The van der Waals surface area contributed by atoms with E-state index in [-0.39, 0.29) is 29.1 Å². The van der Waals surface area contributed by atoms with Crippen LogP contribution in [0.25, 0.3) is 0 Å². The number of hydrogen-bond donors (Lipinski definition) is 1. The van der Waals surface area contributed by atoms with Crippen molar-refractivity contribution in [3.8, 4) is 0 Å². The number of hydrogen-bond acceptors (Lipinski definition) is 6. The van der Waals surface area contributed by atoms with Crippen LogP contribution >= 0.6 is 11.8 Å². The van der Waals surface area contributed by atoms with Crippen LogP contribution in [0.5, 0.6) is 0 Å². The molecule has 2 aromatic heterocycles. The van der Waals surface area contributed by atoms with Crippen LogP contribution in [-0.2, 0) is 9.84 Å². The molecule has 2 aliphatic rings. The number of nitrogens with one attached hydrogen (secondary N) is 1. The van der Waals surface area contributed by atoms with E-state index < -0.39 is 9.84 Å². The number of thioether (sulfide) groups is 1. The number of aryl methyl sites for hydroxylation is 1. The molecule has 1 unspecified atom stereocenters. The zero-order chi connectivity index (χ0) is 18.5. The lowest BCUT2D eigenvalue weighted by Gasteiger charge is -2.16. The molecule has 0 amide bonds. The van der Waals surface area contributed by atoms with Gasteiger partial charge in [0.2, 0.25) is 5.16 Å². The molecule has 1 N–H and O–H groups in total. The highest BCUT2D eigenvalue weighted by Crippen LogP contribution is 2.38. The van der Waals surface area contributed by atoms with Gasteiger partial charge in [0.05, 0.1) is 17.3 Å². The average molecular weight is 395 g/mol. The maximum atomic E-state index is 12.7. The summed E-state index contributed by atoms with van der Waals surface area (Å²) in [6, 6.07) is 1.81. The van der Waals surface area contributed by atoms with Crippen molar-refractivity contribution in [3.05, 3.63) is 28.8 Å². The molecule has 0 spiro atoms. The molecule has 9 heteroatoms. The van der Waals surface area contributed by atoms with Crippen molar-refractivity contribution < 1.29 is 13.2 Å². The Bertz CT molecular complexity index is 957. The lowest BCUT2D eigenvalue weighted by molar-refractivity contribution is 0.102. The van der Waals surface area contributed by atoms with Crippen LogP contribution in [0.3, 0.4) is 0 Å². The van der Waals surface area contributed by atoms with Crippen LogP contribution in [0.1, 0.15) is 58.8 Å². The first kappa shape index (κ1) is 17.8. The van der Waals surface area contributed by atoms with Gasteiger partial charge in [-0.25, -0.2) is 13.4 Å². The molecule has 26 heavy (non-hydrogen) atoms. The molecule has 1 aliphatic heterocycles. The fraction of sp³-hybridized carbons (Fsp3) is 0.588. The largest absolute Gasteiger partial charge is 0.344 e. The predicted molar refractivity (Wildman–Crippen MR) is 99.6 cm³/mol. The highest BCUT2D eigenvalue weighted by atomic mass is 32.2. The molecule has 1 aliphatic carbocycles. The molecule has 1 atom stereocenters. The van der Waals surface area contributed by atoms with Crippen molar-refractivity contribution in [2.75, 3.05) is 17.3 Å². The Balaban J connectivity index is 1.46. The van der Waals surface area contributed by atoms with Crippen LogP contribution in [0.2, 0.25) is 0 Å². The van der Waals surface area contributed by atoms with Gasteiger partial charge < -0.3 is 4.57 Å². The molecule has 7 nitrogen and oxygen atoms in total. The van der Waals surface area contributed by atoms with Gasteiger partial charge in [-0.2, -0.15) is 0 Å². The van der Waals surface area contributed by atoms with Crippen molar-refractivity contribution in [3.63, 3.8) is 0 Å². The van der Waals surface area contributed by atoms with E-state index >= 15 is 0 Å². The number of sulfone groups is 1. The Labute approximate surface area is 156 Å². The van der Waals surface area contributed by atoms with Gasteiger partial charge in [0, 0.05) is 28.9 Å². The molecular weight excluding hydrogens is 372 g/mol. The first-order chi connectivity index (χ1) is 12.3. The highest BCUT2D eigenvalue weighted by molar-refractivity contribution is 7.99. The lowest BCUT2D eigenvalue weighted by Crippen LogP contribution is -2.14. The van der Waals surface area contributed by atoms with E-state index in [1.165, 1.54) is 11.8 Å². The zero-order valence-corrected chi connectivity index (χ0v) is 16.5. The molecule has 4 rings (SSSR count). The SMILES string of the molecule is Cc1cc(C(=O)CSc2n[nH]c(C3CC3)n2)c(C)n1C1CCS(=O)(=O)C1. The lowest BCUT2D eigenvalue weighted by atomic mass is 10.2. The molecule has 0 radical (unpaired) electrons. The maximum Gasteiger partial charge on any atom is 0.208 e. The number of Topliss-reactive ketones (excluding diaryl/α,β-unsaturated/α-hetero) is 1. The van der Waals surface area contributed by atoms with E-state index in [4.69, 9.17) is 0 Å². The standard InChI is InChI=1S/C17H22N4O3S2/c1-10-7-14(11(2)21(10)13-5-6-26(23,24)9-13)15(22)8-25-17-18-16(19-20-17)12-3-4-12/h7,12-13H,3-6,8-9H2,1-2H3,(H,18,19,20). The normalized spacial score (nSPS) is 22.0. The van der Waals surface area contributed by atoms with Gasteiger partial charge in [0.1, 0.15) is 5.82 Å². The maximum absolute atomic E-state index is 12.7. The summed E-state index contributed by atoms with van der Waals surface area (Å²) >= 11 is 1.34. The number of aromatic nitrogens is 4. The Morgan fingerprint density at radius 3 is 2.77 bits per heavy atom. The summed E-state index contributed by atoms with van der Waals surface area (Å²) in [6.07, 6.45) is 2.92. The number of nitrogens with zero attached hydrogens (tertiary/aromatic N) is 3. The van der Waals surface area contributed by atoms with Crippen LogP contribution in [-0.4, -0.2) is 51.2 Å². The third-order valence-electron chi connectivity index (χ3n) is 5.14. The summed E-state index contributed by atoms with van der Waals surface area (Å²) in [5.74, 6) is 2.10. The molecule has 140 valence electrons. The van der Waals surface area contributed by atoms with E-state index in [0.717, 1.165) is 30.1 Å². The van der Waals surface area contributed by atoms with Gasteiger partial charge in [-0.15, -0.1) is 5.10 Å². The number of carbonyl (C=O) groups excluding carboxylic acids is 1. The van der Waals surface area contributed by atoms with Crippen molar-refractivity contribution in [1.82, 2.24) is 19.7 Å². The molecule has 1 saturated carbocycles. The summed E-state index contributed by atoms with van der Waals surface area (Å²) in [5, 5.41) is 7.72. The topological polar surface area (TPSA) is 97.7 Å². The number of aromatic amines is 1. The minimum atomic E-state index is -2.96. The van der Waals surface area contributed by atoms with E-state index in [2.05, 4.69) is 15.2 Å². The molecule has 1 saturated heterocycles. The fourth-order valence-corrected chi connectivity index (χ4v) is 6.06. The van der Waals surface area contributed by atoms with Gasteiger partial charge in [0.15, 0.2) is 15.6 Å². The quantitative estimate of drug-likeness (QED) is 0.597. The molecule has 2 fully saturated rings. The third kappa shape index (κ3) is 3.46. The molecular formula is C17H22N4O3S2. The summed E-state index contributed by atoms with van der Waals surface area (Å²) in [6.45, 7) is 3.83. The number of ketones is 1. The Morgan fingerprint density at radius 1 is 1.35 bits per heavy atom. The van der Waals surface area contributed by atoms with Gasteiger partial charge in [-0.3, -0.25) is 9.89 Å². The predicted octanol–water partition coefficient (Wildman–Crippen LogP) is 2.44. The zero-order valence-electron chi connectivity index (χ0n) is 14.9. The molecule has 0 aromatic carbocycles. The fourth-order valence-electron chi connectivity index (χ4n) is 3.67. The Hall–Kier alpha value is -1.61. The van der Waals surface area contributed by atoms with E-state index in [1.807, 2.05) is 24.5 Å². The van der Waals surface area contributed by atoms with Crippen molar-refractivity contribution in [2.24, 2.45) is 0 Å². The van der Waals surface area contributed by atoms with E-state index in [1.54, 1.807) is 0 Å². The van der Waals surface area contributed by atoms with Crippen molar-refractivity contribution in [1.29, 1.82) is 0 Å². The van der Waals surface area contributed by atoms with Gasteiger partial charge >= 0.3 is 0 Å². The van der Waals surface area contributed by atoms with Crippen LogP contribution < -0.4 is 0 Å². The molecule has 3 heterocycles. The number of rotatable bonds is 6. The molecule has 2 aromatic rings.